The maximum atomic E-state index is 9.67. The molecule has 0 saturated heterocycles. The number of hydrogen-bond donors (Lipinski definition) is 3. The molecule has 0 spiro atoms. The highest BCUT2D eigenvalue weighted by atomic mass is 35.5. The Morgan fingerprint density at radius 2 is 1.91 bits per heavy atom. The van der Waals surface area contributed by atoms with E-state index >= 15 is 0 Å². The molecule has 2 aromatic carbocycles. The van der Waals surface area contributed by atoms with E-state index in [0.29, 0.717) is 21.7 Å². The summed E-state index contributed by atoms with van der Waals surface area (Å²) < 4.78 is 5.93. The molecular weight excluding hydrogens is 316 g/mol. The molecule has 0 aliphatic carbocycles. The normalized spacial score (nSPS) is 12.3. The van der Waals surface area contributed by atoms with Gasteiger partial charge in [-0.25, -0.2) is 4.98 Å². The van der Waals surface area contributed by atoms with Gasteiger partial charge >= 0.3 is 0 Å². The minimum atomic E-state index is -0.587. The molecule has 23 heavy (non-hydrogen) atoms. The molecule has 0 radical (unpaired) electrons. The fourth-order valence-electron chi connectivity index (χ4n) is 2.37. The number of aromatic nitrogens is 2. The molecule has 1 unspecified atom stereocenters. The number of nitrogen functional groups attached to an aromatic ring is 2. The lowest BCUT2D eigenvalue weighted by atomic mass is 10.1. The van der Waals surface area contributed by atoms with Crippen molar-refractivity contribution in [3.63, 3.8) is 0 Å². The highest BCUT2D eigenvalue weighted by molar-refractivity contribution is 6.30. The topological polar surface area (TPSA) is 107 Å². The first-order valence-electron chi connectivity index (χ1n) is 6.93. The number of rotatable bonds is 4. The van der Waals surface area contributed by atoms with E-state index in [0.717, 1.165) is 5.56 Å². The van der Waals surface area contributed by atoms with Crippen LogP contribution < -0.4 is 16.2 Å². The van der Waals surface area contributed by atoms with Crippen LogP contribution in [0.2, 0.25) is 5.02 Å². The number of nitrogens with two attached hydrogens (primary N) is 2. The van der Waals surface area contributed by atoms with Crippen LogP contribution in [0.5, 0.6) is 5.75 Å². The zero-order valence-corrected chi connectivity index (χ0v) is 12.9. The standard InChI is InChI=1S/C16H15ClN4O2/c17-10-4-1-3-9(7-10)13(8-22)23-12-6-2-5-11-14(12)15(18)21-16(19)20-11/h1-7,13,22H,8H2,(H4,18,19,20,21). The van der Waals surface area contributed by atoms with Gasteiger partial charge in [-0.1, -0.05) is 29.8 Å². The van der Waals surface area contributed by atoms with Crippen molar-refractivity contribution in [2.75, 3.05) is 18.1 Å². The van der Waals surface area contributed by atoms with Crippen molar-refractivity contribution in [3.8, 4) is 5.75 Å². The second-order valence-electron chi connectivity index (χ2n) is 4.96. The van der Waals surface area contributed by atoms with Crippen LogP contribution in [0.1, 0.15) is 11.7 Å². The monoisotopic (exact) mass is 330 g/mol. The molecule has 3 aromatic rings. The Labute approximate surface area is 137 Å². The second-order valence-corrected chi connectivity index (χ2v) is 5.40. The molecule has 0 aliphatic rings. The first-order chi connectivity index (χ1) is 11.1. The molecular formula is C16H15ClN4O2. The molecule has 0 bridgehead atoms. The van der Waals surface area contributed by atoms with E-state index in [9.17, 15) is 5.11 Å². The Bertz CT molecular complexity index is 857. The number of fused-ring (bicyclic) bond motifs is 1. The molecule has 0 aliphatic heterocycles. The number of aliphatic hydroxyl groups excluding tert-OH is 1. The third-order valence-corrected chi connectivity index (χ3v) is 3.62. The highest BCUT2D eigenvalue weighted by Gasteiger charge is 2.16. The van der Waals surface area contributed by atoms with Gasteiger partial charge in [0.2, 0.25) is 5.95 Å². The number of benzene rings is 2. The number of hydrogen-bond acceptors (Lipinski definition) is 6. The van der Waals surface area contributed by atoms with Crippen LogP contribution in [-0.4, -0.2) is 21.7 Å². The molecule has 0 saturated carbocycles. The van der Waals surface area contributed by atoms with Gasteiger partial charge in [-0.15, -0.1) is 0 Å². The fraction of sp³-hybridized carbons (Fsp3) is 0.125. The summed E-state index contributed by atoms with van der Waals surface area (Å²) in [5, 5.41) is 10.8. The Balaban J connectivity index is 2.03. The lowest BCUT2D eigenvalue weighted by molar-refractivity contribution is 0.118. The predicted molar refractivity (Wildman–Crippen MR) is 90.3 cm³/mol. The number of aliphatic hydroxyl groups is 1. The third-order valence-electron chi connectivity index (χ3n) is 3.39. The quantitative estimate of drug-likeness (QED) is 0.678. The maximum Gasteiger partial charge on any atom is 0.222 e. The molecule has 1 aromatic heterocycles. The molecule has 6 nitrogen and oxygen atoms in total. The van der Waals surface area contributed by atoms with E-state index in [1.165, 1.54) is 0 Å². The van der Waals surface area contributed by atoms with Crippen molar-refractivity contribution in [2.24, 2.45) is 0 Å². The molecule has 118 valence electrons. The lowest BCUT2D eigenvalue weighted by Crippen LogP contribution is -2.13. The predicted octanol–water partition coefficient (Wildman–Crippen LogP) is 2.56. The summed E-state index contributed by atoms with van der Waals surface area (Å²) in [5.41, 5.74) is 12.9. The smallest absolute Gasteiger partial charge is 0.222 e. The lowest BCUT2D eigenvalue weighted by Gasteiger charge is -2.19. The van der Waals surface area contributed by atoms with E-state index in [4.69, 9.17) is 27.8 Å². The van der Waals surface area contributed by atoms with Crippen molar-refractivity contribution < 1.29 is 9.84 Å². The fourth-order valence-corrected chi connectivity index (χ4v) is 2.57. The van der Waals surface area contributed by atoms with Crippen molar-refractivity contribution in [2.45, 2.75) is 6.10 Å². The van der Waals surface area contributed by atoms with Gasteiger partial charge in [0.25, 0.3) is 0 Å². The minimum absolute atomic E-state index is 0.0979. The summed E-state index contributed by atoms with van der Waals surface area (Å²) in [4.78, 5) is 8.10. The average molecular weight is 331 g/mol. The molecule has 1 heterocycles. The molecule has 0 amide bonds. The van der Waals surface area contributed by atoms with Crippen molar-refractivity contribution in [1.82, 2.24) is 9.97 Å². The maximum absolute atomic E-state index is 9.67. The van der Waals surface area contributed by atoms with Gasteiger partial charge in [0, 0.05) is 5.02 Å². The summed E-state index contributed by atoms with van der Waals surface area (Å²) in [6, 6.07) is 12.4. The van der Waals surface area contributed by atoms with Gasteiger partial charge in [-0.2, -0.15) is 4.98 Å². The summed E-state index contributed by atoms with van der Waals surface area (Å²) in [6.07, 6.45) is -0.587. The van der Waals surface area contributed by atoms with Crippen LogP contribution in [0.15, 0.2) is 42.5 Å². The van der Waals surface area contributed by atoms with Crippen LogP contribution in [0.25, 0.3) is 10.9 Å². The van der Waals surface area contributed by atoms with Gasteiger partial charge < -0.3 is 21.3 Å². The van der Waals surface area contributed by atoms with Crippen molar-refractivity contribution in [1.29, 1.82) is 0 Å². The number of ether oxygens (including phenoxy) is 1. The Hall–Kier alpha value is -2.57. The van der Waals surface area contributed by atoms with Crippen LogP contribution in [-0.2, 0) is 0 Å². The molecule has 1 atom stereocenters. The van der Waals surface area contributed by atoms with Crippen LogP contribution in [0.4, 0.5) is 11.8 Å². The Kier molecular flexibility index (Phi) is 4.18. The zero-order chi connectivity index (χ0) is 16.4. The third kappa shape index (κ3) is 3.13. The Morgan fingerprint density at radius 3 is 2.65 bits per heavy atom. The first-order valence-corrected chi connectivity index (χ1v) is 7.31. The van der Waals surface area contributed by atoms with Gasteiger partial charge in [-0.05, 0) is 29.8 Å². The van der Waals surface area contributed by atoms with Crippen LogP contribution in [0, 0.1) is 0 Å². The summed E-state index contributed by atoms with van der Waals surface area (Å²) >= 11 is 6.00. The zero-order valence-electron chi connectivity index (χ0n) is 12.1. The van der Waals surface area contributed by atoms with E-state index in [1.807, 2.05) is 6.07 Å². The van der Waals surface area contributed by atoms with Gasteiger partial charge in [0.05, 0.1) is 17.5 Å². The molecule has 3 rings (SSSR count). The number of halogens is 1. The minimum Gasteiger partial charge on any atom is -0.482 e. The van der Waals surface area contributed by atoms with Crippen LogP contribution in [0.3, 0.4) is 0 Å². The molecule has 5 N–H and O–H groups in total. The van der Waals surface area contributed by atoms with Crippen molar-refractivity contribution in [3.05, 3.63) is 53.1 Å². The summed E-state index contributed by atoms with van der Waals surface area (Å²) in [5.74, 6) is 0.797. The van der Waals surface area contributed by atoms with Crippen molar-refractivity contribution >= 4 is 34.3 Å². The SMILES string of the molecule is Nc1nc(N)c2c(OC(CO)c3cccc(Cl)c3)cccc2n1. The summed E-state index contributed by atoms with van der Waals surface area (Å²) in [6.45, 7) is -0.216. The number of anilines is 2. The van der Waals surface area contributed by atoms with Gasteiger partial charge in [0.15, 0.2) is 0 Å². The number of nitrogens with zero attached hydrogens (tertiary/aromatic N) is 2. The molecule has 0 fully saturated rings. The van der Waals surface area contributed by atoms with E-state index in [-0.39, 0.29) is 18.4 Å². The first kappa shape index (κ1) is 15.3. The van der Waals surface area contributed by atoms with Gasteiger partial charge in [-0.3, -0.25) is 0 Å². The van der Waals surface area contributed by atoms with Gasteiger partial charge in [0.1, 0.15) is 17.7 Å². The largest absolute Gasteiger partial charge is 0.482 e. The highest BCUT2D eigenvalue weighted by Crippen LogP contribution is 2.32. The molecule has 7 heteroatoms. The van der Waals surface area contributed by atoms with E-state index < -0.39 is 6.10 Å². The van der Waals surface area contributed by atoms with E-state index in [2.05, 4.69) is 9.97 Å². The van der Waals surface area contributed by atoms with Crippen LogP contribution >= 0.6 is 11.6 Å². The second kappa shape index (κ2) is 6.28. The van der Waals surface area contributed by atoms with E-state index in [1.54, 1.807) is 36.4 Å². The Morgan fingerprint density at radius 1 is 1.13 bits per heavy atom. The summed E-state index contributed by atoms with van der Waals surface area (Å²) in [7, 11) is 0. The average Bonchev–Trinajstić information content (AvgIpc) is 2.52.